The van der Waals surface area contributed by atoms with Gasteiger partial charge in [0, 0.05) is 31.2 Å². The van der Waals surface area contributed by atoms with Crippen LogP contribution in [0.4, 0.5) is 5.69 Å². The van der Waals surface area contributed by atoms with E-state index in [0.717, 1.165) is 12.8 Å². The summed E-state index contributed by atoms with van der Waals surface area (Å²) in [6, 6.07) is 3.54. The van der Waals surface area contributed by atoms with Crippen LogP contribution >= 0.6 is 0 Å². The molecule has 0 bridgehead atoms. The topological polar surface area (TPSA) is 110 Å². The number of fused-ring (bicyclic) bond motifs is 2. The molecule has 2 aromatic heterocycles. The Kier molecular flexibility index (Phi) is 6.10. The molecular weight excluding hydrogens is 474 g/mol. The Labute approximate surface area is 214 Å². The van der Waals surface area contributed by atoms with Gasteiger partial charge in [-0.15, -0.1) is 0 Å². The van der Waals surface area contributed by atoms with Crippen LogP contribution in [0.5, 0.6) is 17.2 Å². The minimum Gasteiger partial charge on any atom is -0.491 e. The standard InChI is InChI=1S/C27H31N5O5/c1-3-22(33)31-10-8-18(9-11-31)32(27(34)23-16(2)30-19-12-28-14-29-24(19)23)25-20(35-13-17-4-5-17)6-7-21-26(25)37-15-36-21/h6-7,12,14,17-18,30H,3-5,8-11,13,15H2,1-2H3. The van der Waals surface area contributed by atoms with Gasteiger partial charge < -0.3 is 24.1 Å². The molecule has 37 heavy (non-hydrogen) atoms. The highest BCUT2D eigenvalue weighted by Crippen LogP contribution is 2.49. The second-order valence-electron chi connectivity index (χ2n) is 9.95. The summed E-state index contributed by atoms with van der Waals surface area (Å²) in [6.45, 7) is 5.59. The summed E-state index contributed by atoms with van der Waals surface area (Å²) in [6.07, 6.45) is 7.18. The average Bonchev–Trinajstić information content (AvgIpc) is 3.51. The lowest BCUT2D eigenvalue weighted by molar-refractivity contribution is -0.131. The molecule has 10 heteroatoms. The Morgan fingerprint density at radius 2 is 2.00 bits per heavy atom. The van der Waals surface area contributed by atoms with Gasteiger partial charge in [0.15, 0.2) is 11.5 Å². The molecule has 1 aliphatic carbocycles. The van der Waals surface area contributed by atoms with Crippen LogP contribution < -0.4 is 19.1 Å². The number of piperidine rings is 1. The summed E-state index contributed by atoms with van der Waals surface area (Å²) in [5.41, 5.74) is 3.08. The van der Waals surface area contributed by atoms with Crippen LogP contribution in [0.1, 0.15) is 55.1 Å². The molecule has 1 saturated carbocycles. The van der Waals surface area contributed by atoms with Crippen LogP contribution in [0.3, 0.4) is 0 Å². The zero-order chi connectivity index (χ0) is 25.5. The number of benzene rings is 1. The van der Waals surface area contributed by atoms with Crippen molar-refractivity contribution in [1.82, 2.24) is 19.9 Å². The number of rotatable bonds is 7. The first kappa shape index (κ1) is 23.6. The molecule has 3 aromatic rings. The normalized spacial score (nSPS) is 17.3. The van der Waals surface area contributed by atoms with E-state index in [1.807, 2.05) is 30.9 Å². The third-order valence-electron chi connectivity index (χ3n) is 7.45. The van der Waals surface area contributed by atoms with Gasteiger partial charge >= 0.3 is 0 Å². The molecule has 6 rings (SSSR count). The average molecular weight is 506 g/mol. The first-order valence-electron chi connectivity index (χ1n) is 13.0. The number of hydrogen-bond donors (Lipinski definition) is 1. The Morgan fingerprint density at radius 1 is 1.19 bits per heavy atom. The Bertz CT molecular complexity index is 1340. The summed E-state index contributed by atoms with van der Waals surface area (Å²) >= 11 is 0. The van der Waals surface area contributed by atoms with Gasteiger partial charge in [0.05, 0.1) is 23.9 Å². The van der Waals surface area contributed by atoms with Crippen molar-refractivity contribution < 1.29 is 23.8 Å². The van der Waals surface area contributed by atoms with Crippen molar-refractivity contribution >= 4 is 28.5 Å². The van der Waals surface area contributed by atoms with Gasteiger partial charge in [-0.05, 0) is 50.7 Å². The highest BCUT2D eigenvalue weighted by molar-refractivity contribution is 6.15. The summed E-state index contributed by atoms with van der Waals surface area (Å²) in [4.78, 5) is 42.3. The van der Waals surface area contributed by atoms with Crippen LogP contribution in [0.2, 0.25) is 0 Å². The zero-order valence-corrected chi connectivity index (χ0v) is 21.2. The number of carbonyl (C=O) groups is 2. The van der Waals surface area contributed by atoms with E-state index >= 15 is 0 Å². The van der Waals surface area contributed by atoms with Crippen molar-refractivity contribution in [1.29, 1.82) is 0 Å². The molecule has 1 N–H and O–H groups in total. The number of nitrogens with one attached hydrogen (secondary N) is 1. The van der Waals surface area contributed by atoms with Gasteiger partial charge in [-0.25, -0.2) is 9.97 Å². The fourth-order valence-electron chi connectivity index (χ4n) is 5.27. The Balaban J connectivity index is 1.45. The molecule has 194 valence electrons. The SMILES string of the molecule is CCC(=O)N1CCC(N(C(=O)c2c(C)[nH]c3cncnc23)c2c(OCC3CC3)ccc3c2OCO3)CC1. The number of hydrogen-bond acceptors (Lipinski definition) is 7. The predicted molar refractivity (Wildman–Crippen MR) is 136 cm³/mol. The molecule has 0 spiro atoms. The zero-order valence-electron chi connectivity index (χ0n) is 21.2. The molecule has 1 aromatic carbocycles. The van der Waals surface area contributed by atoms with Crippen LogP contribution in [-0.4, -0.2) is 64.2 Å². The molecule has 2 fully saturated rings. The second kappa shape index (κ2) is 9.57. The number of amides is 2. The predicted octanol–water partition coefficient (Wildman–Crippen LogP) is 3.83. The van der Waals surface area contributed by atoms with Gasteiger partial charge in [-0.3, -0.25) is 14.5 Å². The van der Waals surface area contributed by atoms with Crippen molar-refractivity contribution in [3.05, 3.63) is 35.9 Å². The van der Waals surface area contributed by atoms with Crippen molar-refractivity contribution in [3.63, 3.8) is 0 Å². The fraction of sp³-hybridized carbons (Fsp3) is 0.481. The van der Waals surface area contributed by atoms with E-state index in [1.54, 1.807) is 11.1 Å². The van der Waals surface area contributed by atoms with Gasteiger partial charge in [0.1, 0.15) is 23.3 Å². The molecular formula is C27H31N5O5. The molecule has 0 radical (unpaired) electrons. The third-order valence-corrected chi connectivity index (χ3v) is 7.45. The summed E-state index contributed by atoms with van der Waals surface area (Å²) in [7, 11) is 0. The Hall–Kier alpha value is -3.82. The summed E-state index contributed by atoms with van der Waals surface area (Å²) in [5, 5.41) is 0. The number of ether oxygens (including phenoxy) is 3. The number of likely N-dealkylation sites (tertiary alicyclic amines) is 1. The number of nitrogens with zero attached hydrogens (tertiary/aromatic N) is 4. The van der Waals surface area contributed by atoms with E-state index in [1.165, 1.54) is 6.33 Å². The summed E-state index contributed by atoms with van der Waals surface area (Å²) < 4.78 is 17.9. The number of aromatic amines is 1. The fourth-order valence-corrected chi connectivity index (χ4v) is 5.27. The van der Waals surface area contributed by atoms with E-state index in [9.17, 15) is 9.59 Å². The lowest BCUT2D eigenvalue weighted by Gasteiger charge is -2.39. The number of anilines is 1. The molecule has 0 unspecified atom stereocenters. The van der Waals surface area contributed by atoms with Gasteiger partial charge in [0.25, 0.3) is 5.91 Å². The van der Waals surface area contributed by atoms with Crippen LogP contribution in [0, 0.1) is 12.8 Å². The quantitative estimate of drug-likeness (QED) is 0.520. The van der Waals surface area contributed by atoms with Crippen molar-refractivity contribution in [3.8, 4) is 17.2 Å². The highest BCUT2D eigenvalue weighted by Gasteiger charge is 2.38. The van der Waals surface area contributed by atoms with Gasteiger partial charge in [-0.2, -0.15) is 0 Å². The van der Waals surface area contributed by atoms with Crippen molar-refractivity contribution in [2.24, 2.45) is 5.92 Å². The maximum Gasteiger partial charge on any atom is 0.262 e. The number of aryl methyl sites for hydroxylation is 1. The highest BCUT2D eigenvalue weighted by atomic mass is 16.7. The van der Waals surface area contributed by atoms with Gasteiger partial charge in [0.2, 0.25) is 12.7 Å². The maximum absolute atomic E-state index is 14.5. The molecule has 2 aliphatic heterocycles. The van der Waals surface area contributed by atoms with E-state index in [-0.39, 0.29) is 24.6 Å². The van der Waals surface area contributed by atoms with Crippen molar-refractivity contribution in [2.75, 3.05) is 31.4 Å². The van der Waals surface area contributed by atoms with E-state index in [0.29, 0.717) is 90.1 Å². The third kappa shape index (κ3) is 4.34. The van der Waals surface area contributed by atoms with E-state index in [2.05, 4.69) is 15.0 Å². The first-order chi connectivity index (χ1) is 18.0. The molecule has 0 atom stereocenters. The number of H-pyrrole nitrogens is 1. The van der Waals surface area contributed by atoms with Crippen LogP contribution in [0.15, 0.2) is 24.7 Å². The van der Waals surface area contributed by atoms with E-state index in [4.69, 9.17) is 14.2 Å². The lowest BCUT2D eigenvalue weighted by Crippen LogP contribution is -2.49. The minimum atomic E-state index is -0.192. The molecule has 4 heterocycles. The monoisotopic (exact) mass is 505 g/mol. The first-order valence-corrected chi connectivity index (χ1v) is 13.0. The van der Waals surface area contributed by atoms with Crippen LogP contribution in [0.25, 0.3) is 11.0 Å². The second-order valence-corrected chi connectivity index (χ2v) is 9.95. The Morgan fingerprint density at radius 3 is 2.76 bits per heavy atom. The smallest absolute Gasteiger partial charge is 0.262 e. The number of aromatic nitrogens is 3. The summed E-state index contributed by atoms with van der Waals surface area (Å²) in [5.74, 6) is 2.18. The number of carbonyl (C=O) groups excluding carboxylic acids is 2. The molecule has 10 nitrogen and oxygen atoms in total. The van der Waals surface area contributed by atoms with Gasteiger partial charge in [-0.1, -0.05) is 6.92 Å². The largest absolute Gasteiger partial charge is 0.491 e. The van der Waals surface area contributed by atoms with Crippen LogP contribution in [-0.2, 0) is 4.79 Å². The lowest BCUT2D eigenvalue weighted by atomic mass is 9.99. The molecule has 2 amide bonds. The maximum atomic E-state index is 14.5. The van der Waals surface area contributed by atoms with Crippen molar-refractivity contribution in [2.45, 2.75) is 52.0 Å². The molecule has 3 aliphatic rings. The van der Waals surface area contributed by atoms with E-state index < -0.39 is 0 Å². The molecule has 1 saturated heterocycles. The minimum absolute atomic E-state index is 0.0826.